The van der Waals surface area contributed by atoms with Gasteiger partial charge in [-0.1, -0.05) is 6.07 Å². The van der Waals surface area contributed by atoms with E-state index in [9.17, 15) is 13.6 Å². The predicted octanol–water partition coefficient (Wildman–Crippen LogP) is 3.31. The zero-order valence-electron chi connectivity index (χ0n) is 13.0. The lowest BCUT2D eigenvalue weighted by Gasteiger charge is -2.12. The van der Waals surface area contributed by atoms with Crippen molar-refractivity contribution in [1.29, 1.82) is 0 Å². The summed E-state index contributed by atoms with van der Waals surface area (Å²) in [5.41, 5.74) is 0.648. The van der Waals surface area contributed by atoms with Gasteiger partial charge in [0.05, 0.1) is 13.4 Å². The fourth-order valence-corrected chi connectivity index (χ4v) is 2.64. The molecule has 1 fully saturated rings. The number of halogens is 2. The molecule has 1 N–H and O–H groups in total. The molecule has 2 aromatic rings. The number of nitrogens with one attached hydrogen (secondary N) is 1. The Labute approximate surface area is 137 Å². The first-order valence-corrected chi connectivity index (χ1v) is 7.51. The summed E-state index contributed by atoms with van der Waals surface area (Å²) in [5, 5.41) is 2.81. The Morgan fingerprint density at radius 1 is 1.38 bits per heavy atom. The first kappa shape index (κ1) is 16.3. The third-order valence-electron chi connectivity index (χ3n) is 3.95. The first-order chi connectivity index (χ1) is 11.6. The summed E-state index contributed by atoms with van der Waals surface area (Å²) in [7, 11) is 1.37. The van der Waals surface area contributed by atoms with Gasteiger partial charge in [-0.25, -0.2) is 0 Å². The molecule has 0 saturated heterocycles. The highest BCUT2D eigenvalue weighted by atomic mass is 19.3. The quantitative estimate of drug-likeness (QED) is 0.842. The molecular weight excluding hydrogens is 320 g/mol. The number of carbonyl (C=O) groups excluding carboxylic acids is 1. The number of methoxy groups -OCH3 is 1. The van der Waals surface area contributed by atoms with Crippen molar-refractivity contribution in [2.24, 2.45) is 5.92 Å². The van der Waals surface area contributed by atoms with E-state index in [1.807, 2.05) is 6.07 Å². The number of benzene rings is 1. The number of rotatable bonds is 7. The van der Waals surface area contributed by atoms with Crippen LogP contribution in [0, 0.1) is 5.92 Å². The van der Waals surface area contributed by atoms with Crippen LogP contribution in [0.25, 0.3) is 0 Å². The molecule has 3 rings (SSSR count). The van der Waals surface area contributed by atoms with Crippen molar-refractivity contribution in [1.82, 2.24) is 5.32 Å². The van der Waals surface area contributed by atoms with E-state index in [4.69, 9.17) is 9.15 Å². The molecule has 1 saturated carbocycles. The highest BCUT2D eigenvalue weighted by Gasteiger charge is 2.45. The Kier molecular flexibility index (Phi) is 4.69. The normalized spacial score (nSPS) is 19.2. The van der Waals surface area contributed by atoms with Gasteiger partial charge >= 0.3 is 6.61 Å². The Balaban J connectivity index is 1.57. The summed E-state index contributed by atoms with van der Waals surface area (Å²) in [4.78, 5) is 12.1. The van der Waals surface area contributed by atoms with Gasteiger partial charge in [0, 0.05) is 18.4 Å². The summed E-state index contributed by atoms with van der Waals surface area (Å²) >= 11 is 0. The molecule has 0 radical (unpaired) electrons. The Morgan fingerprint density at radius 2 is 2.21 bits per heavy atom. The SMILES string of the molecule is COc1ccc(CNC(=O)C2CC2c2ccco2)cc1OC(F)F. The highest BCUT2D eigenvalue weighted by Crippen LogP contribution is 2.47. The van der Waals surface area contributed by atoms with Crippen molar-refractivity contribution < 1.29 is 27.5 Å². The van der Waals surface area contributed by atoms with Crippen molar-refractivity contribution >= 4 is 5.91 Å². The van der Waals surface area contributed by atoms with Crippen LogP contribution in [0.2, 0.25) is 0 Å². The minimum absolute atomic E-state index is 0.0564. The Bertz CT molecular complexity index is 703. The maximum absolute atomic E-state index is 12.4. The number of carbonyl (C=O) groups is 1. The number of hydrogen-bond acceptors (Lipinski definition) is 4. The van der Waals surface area contributed by atoms with Crippen LogP contribution in [0.4, 0.5) is 8.78 Å². The van der Waals surface area contributed by atoms with Gasteiger partial charge < -0.3 is 19.2 Å². The first-order valence-electron chi connectivity index (χ1n) is 7.51. The molecule has 2 unspecified atom stereocenters. The van der Waals surface area contributed by atoms with E-state index in [0.29, 0.717) is 5.56 Å². The summed E-state index contributed by atoms with van der Waals surface area (Å²) in [6.45, 7) is -2.71. The molecule has 0 bridgehead atoms. The van der Waals surface area contributed by atoms with E-state index < -0.39 is 6.61 Å². The molecule has 1 heterocycles. The van der Waals surface area contributed by atoms with E-state index in [1.165, 1.54) is 19.2 Å². The lowest BCUT2D eigenvalue weighted by atomic mass is 10.2. The predicted molar refractivity (Wildman–Crippen MR) is 81.0 cm³/mol. The molecule has 2 atom stereocenters. The number of amides is 1. The van der Waals surface area contributed by atoms with Gasteiger partial charge in [0.25, 0.3) is 0 Å². The minimum atomic E-state index is -2.94. The molecule has 1 aliphatic carbocycles. The second-order valence-corrected chi connectivity index (χ2v) is 5.55. The van der Waals surface area contributed by atoms with Crippen LogP contribution < -0.4 is 14.8 Å². The second kappa shape index (κ2) is 6.90. The van der Waals surface area contributed by atoms with Crippen LogP contribution in [0.1, 0.15) is 23.7 Å². The molecule has 1 aromatic carbocycles. The lowest BCUT2D eigenvalue weighted by Crippen LogP contribution is -2.24. The van der Waals surface area contributed by atoms with Crippen molar-refractivity contribution in [3.8, 4) is 11.5 Å². The van der Waals surface area contributed by atoms with Crippen LogP contribution >= 0.6 is 0 Å². The molecule has 0 aliphatic heterocycles. The van der Waals surface area contributed by atoms with Crippen LogP contribution in [0.3, 0.4) is 0 Å². The summed E-state index contributed by atoms with van der Waals surface area (Å²) in [6.07, 6.45) is 2.34. The molecule has 5 nitrogen and oxygen atoms in total. The summed E-state index contributed by atoms with van der Waals surface area (Å²) < 4.78 is 39.5. The largest absolute Gasteiger partial charge is 0.493 e. The van der Waals surface area contributed by atoms with Crippen LogP contribution in [0.5, 0.6) is 11.5 Å². The molecule has 7 heteroatoms. The second-order valence-electron chi connectivity index (χ2n) is 5.55. The lowest BCUT2D eigenvalue weighted by molar-refractivity contribution is -0.122. The fraction of sp³-hybridized carbons (Fsp3) is 0.353. The molecule has 1 aliphatic rings. The van der Waals surface area contributed by atoms with E-state index in [-0.39, 0.29) is 35.8 Å². The van der Waals surface area contributed by atoms with Crippen LogP contribution in [0.15, 0.2) is 41.0 Å². The van der Waals surface area contributed by atoms with Crippen molar-refractivity contribution in [2.75, 3.05) is 7.11 Å². The third-order valence-corrected chi connectivity index (χ3v) is 3.95. The molecular formula is C17H17F2NO4. The van der Waals surface area contributed by atoms with E-state index >= 15 is 0 Å². The van der Waals surface area contributed by atoms with Crippen LogP contribution in [-0.2, 0) is 11.3 Å². The van der Waals surface area contributed by atoms with Crippen molar-refractivity contribution in [2.45, 2.75) is 25.5 Å². The van der Waals surface area contributed by atoms with Crippen LogP contribution in [-0.4, -0.2) is 19.6 Å². The number of furan rings is 1. The molecule has 1 aromatic heterocycles. The Morgan fingerprint density at radius 3 is 2.88 bits per heavy atom. The number of hydrogen-bond donors (Lipinski definition) is 1. The molecule has 24 heavy (non-hydrogen) atoms. The minimum Gasteiger partial charge on any atom is -0.493 e. The zero-order chi connectivity index (χ0) is 17.1. The van der Waals surface area contributed by atoms with E-state index in [2.05, 4.69) is 10.1 Å². The number of alkyl halides is 2. The summed E-state index contributed by atoms with van der Waals surface area (Å²) in [5.74, 6) is 0.903. The average molecular weight is 337 g/mol. The number of ether oxygens (including phenoxy) is 2. The monoisotopic (exact) mass is 337 g/mol. The third kappa shape index (κ3) is 3.67. The average Bonchev–Trinajstić information content (AvgIpc) is 3.17. The van der Waals surface area contributed by atoms with E-state index in [1.54, 1.807) is 18.4 Å². The van der Waals surface area contributed by atoms with E-state index in [0.717, 1.165) is 12.2 Å². The standard InChI is InChI=1S/C17H17F2NO4/c1-22-14-5-4-10(7-15(14)24-17(18)19)9-20-16(21)12-8-11(12)13-3-2-6-23-13/h2-7,11-12,17H,8-9H2,1H3,(H,20,21). The summed E-state index contributed by atoms with van der Waals surface area (Å²) in [6, 6.07) is 8.30. The van der Waals surface area contributed by atoms with Gasteiger partial charge in [-0.2, -0.15) is 8.78 Å². The highest BCUT2D eigenvalue weighted by molar-refractivity contribution is 5.82. The topological polar surface area (TPSA) is 60.7 Å². The van der Waals surface area contributed by atoms with Gasteiger partial charge in [0.2, 0.25) is 5.91 Å². The van der Waals surface area contributed by atoms with Gasteiger partial charge in [-0.3, -0.25) is 4.79 Å². The van der Waals surface area contributed by atoms with Crippen molar-refractivity contribution in [3.05, 3.63) is 47.9 Å². The smallest absolute Gasteiger partial charge is 0.387 e. The van der Waals surface area contributed by atoms with Gasteiger partial charge in [0.1, 0.15) is 5.76 Å². The molecule has 1 amide bonds. The Hall–Kier alpha value is -2.57. The maximum atomic E-state index is 12.4. The van der Waals surface area contributed by atoms with Gasteiger partial charge in [-0.05, 0) is 36.2 Å². The zero-order valence-corrected chi connectivity index (χ0v) is 13.0. The van der Waals surface area contributed by atoms with Gasteiger partial charge in [0.15, 0.2) is 11.5 Å². The fourth-order valence-electron chi connectivity index (χ4n) is 2.64. The molecule has 128 valence electrons. The molecule has 0 spiro atoms. The van der Waals surface area contributed by atoms with Crippen molar-refractivity contribution in [3.63, 3.8) is 0 Å². The maximum Gasteiger partial charge on any atom is 0.387 e. The van der Waals surface area contributed by atoms with Gasteiger partial charge in [-0.15, -0.1) is 0 Å².